The van der Waals surface area contributed by atoms with Gasteiger partial charge in [0.15, 0.2) is 0 Å². The highest BCUT2D eigenvalue weighted by Gasteiger charge is 2.24. The number of rotatable bonds is 3. The van der Waals surface area contributed by atoms with E-state index in [1.165, 1.54) is 11.4 Å². The molecule has 0 fully saturated rings. The molecule has 5 nitrogen and oxygen atoms in total. The number of benzene rings is 2. The van der Waals surface area contributed by atoms with Gasteiger partial charge in [-0.3, -0.25) is 0 Å². The van der Waals surface area contributed by atoms with E-state index in [0.29, 0.717) is 5.95 Å². The van der Waals surface area contributed by atoms with Crippen LogP contribution in [0.5, 0.6) is 0 Å². The largest absolute Gasteiger partial charge is 0.312 e. The molecule has 0 N–H and O–H groups in total. The Morgan fingerprint density at radius 2 is 1.62 bits per heavy atom. The van der Waals surface area contributed by atoms with Gasteiger partial charge in [0.25, 0.3) is 10.0 Å². The molecule has 0 aliphatic carbocycles. The Kier molecular flexibility index (Phi) is 3.17. The van der Waals surface area contributed by atoms with E-state index in [2.05, 4.69) is 4.98 Å². The van der Waals surface area contributed by atoms with E-state index >= 15 is 0 Å². The number of aromatic nitrogens is 2. The van der Waals surface area contributed by atoms with E-state index in [-0.39, 0.29) is 4.90 Å². The molecule has 6 heteroatoms. The molecule has 0 atom stereocenters. The van der Waals surface area contributed by atoms with E-state index in [1.54, 1.807) is 34.9 Å². The summed E-state index contributed by atoms with van der Waals surface area (Å²) in [4.78, 5) is 4.66. The number of imidazole rings is 1. The lowest BCUT2D eigenvalue weighted by atomic mass is 10.3. The standard InChI is InChI=1S/C15H15N3O2S/c1-17-14-11-7-6-10-13(14)16-15(17)18(2)21(19,20)12-8-4-3-5-9-12/h3-11H,1-2H3. The van der Waals surface area contributed by atoms with Crippen LogP contribution in [0.2, 0.25) is 0 Å². The lowest BCUT2D eigenvalue weighted by Crippen LogP contribution is -2.28. The normalized spacial score (nSPS) is 11.7. The van der Waals surface area contributed by atoms with Crippen molar-refractivity contribution in [3.63, 3.8) is 0 Å². The Balaban J connectivity index is 2.13. The van der Waals surface area contributed by atoms with Crippen molar-refractivity contribution in [2.24, 2.45) is 7.05 Å². The lowest BCUT2D eigenvalue weighted by molar-refractivity contribution is 0.593. The zero-order valence-electron chi connectivity index (χ0n) is 11.8. The van der Waals surface area contributed by atoms with Crippen LogP contribution in [0.25, 0.3) is 11.0 Å². The Labute approximate surface area is 123 Å². The second kappa shape index (κ2) is 4.89. The molecule has 1 aromatic heterocycles. The summed E-state index contributed by atoms with van der Waals surface area (Å²) in [6.45, 7) is 0. The highest BCUT2D eigenvalue weighted by atomic mass is 32.2. The van der Waals surface area contributed by atoms with Crippen LogP contribution in [0.15, 0.2) is 59.5 Å². The summed E-state index contributed by atoms with van der Waals surface area (Å²) in [6.07, 6.45) is 0. The molecule has 0 aliphatic heterocycles. The number of hydrogen-bond donors (Lipinski definition) is 0. The van der Waals surface area contributed by atoms with Crippen molar-refractivity contribution in [1.29, 1.82) is 0 Å². The van der Waals surface area contributed by atoms with Crippen LogP contribution in [0.4, 0.5) is 5.95 Å². The van der Waals surface area contributed by atoms with Gasteiger partial charge in [0.1, 0.15) is 0 Å². The van der Waals surface area contributed by atoms with Gasteiger partial charge >= 0.3 is 0 Å². The van der Waals surface area contributed by atoms with E-state index < -0.39 is 10.0 Å². The number of sulfonamides is 1. The number of hydrogen-bond acceptors (Lipinski definition) is 3. The molecule has 0 radical (unpaired) electrons. The maximum Gasteiger partial charge on any atom is 0.266 e. The number of aryl methyl sites for hydroxylation is 1. The summed E-state index contributed by atoms with van der Waals surface area (Å²) in [5.41, 5.74) is 1.66. The quantitative estimate of drug-likeness (QED) is 0.746. The van der Waals surface area contributed by atoms with Crippen molar-refractivity contribution < 1.29 is 8.42 Å². The smallest absolute Gasteiger partial charge is 0.266 e. The monoisotopic (exact) mass is 301 g/mol. The zero-order valence-corrected chi connectivity index (χ0v) is 12.6. The second-order valence-electron chi connectivity index (χ2n) is 4.75. The Bertz CT molecular complexity index is 886. The average Bonchev–Trinajstić information content (AvgIpc) is 2.85. The molecule has 0 amide bonds. The van der Waals surface area contributed by atoms with Gasteiger partial charge < -0.3 is 4.57 Å². The van der Waals surface area contributed by atoms with Gasteiger partial charge in [0, 0.05) is 14.1 Å². The third-order valence-corrected chi connectivity index (χ3v) is 5.20. The molecule has 2 aromatic carbocycles. The first-order valence-electron chi connectivity index (χ1n) is 6.47. The summed E-state index contributed by atoms with van der Waals surface area (Å²) in [5, 5.41) is 0. The van der Waals surface area contributed by atoms with Crippen molar-refractivity contribution in [2.75, 3.05) is 11.4 Å². The van der Waals surface area contributed by atoms with Gasteiger partial charge in [0.2, 0.25) is 5.95 Å². The summed E-state index contributed by atoms with van der Waals surface area (Å²) in [7, 11) is -0.288. The number of anilines is 1. The first-order chi connectivity index (χ1) is 10.0. The highest BCUT2D eigenvalue weighted by Crippen LogP contribution is 2.24. The minimum Gasteiger partial charge on any atom is -0.312 e. The van der Waals surface area contributed by atoms with Crippen LogP contribution in [-0.4, -0.2) is 25.0 Å². The first kappa shape index (κ1) is 13.6. The average molecular weight is 301 g/mol. The van der Waals surface area contributed by atoms with E-state index in [1.807, 2.05) is 31.3 Å². The molecule has 0 spiro atoms. The van der Waals surface area contributed by atoms with Crippen LogP contribution in [0, 0.1) is 0 Å². The Morgan fingerprint density at radius 1 is 1.00 bits per heavy atom. The molecule has 108 valence electrons. The van der Waals surface area contributed by atoms with Gasteiger partial charge in [-0.25, -0.2) is 17.7 Å². The second-order valence-corrected chi connectivity index (χ2v) is 6.71. The van der Waals surface area contributed by atoms with Gasteiger partial charge in [-0.1, -0.05) is 30.3 Å². The van der Waals surface area contributed by atoms with Crippen molar-refractivity contribution in [3.05, 3.63) is 54.6 Å². The predicted molar refractivity (Wildman–Crippen MR) is 82.7 cm³/mol. The zero-order chi connectivity index (χ0) is 15.0. The van der Waals surface area contributed by atoms with Gasteiger partial charge in [-0.05, 0) is 24.3 Å². The SMILES string of the molecule is CN(c1nc2ccccc2n1C)S(=O)(=O)c1ccccc1. The van der Waals surface area contributed by atoms with Gasteiger partial charge in [-0.15, -0.1) is 0 Å². The minimum absolute atomic E-state index is 0.250. The maximum absolute atomic E-state index is 12.6. The van der Waals surface area contributed by atoms with Crippen LogP contribution in [0.3, 0.4) is 0 Å². The summed E-state index contributed by atoms with van der Waals surface area (Å²) in [6, 6.07) is 15.9. The van der Waals surface area contributed by atoms with Crippen molar-refractivity contribution in [3.8, 4) is 0 Å². The number of nitrogens with zero attached hydrogens (tertiary/aromatic N) is 3. The minimum atomic E-state index is -3.61. The molecule has 3 rings (SSSR count). The summed E-state index contributed by atoms with van der Waals surface area (Å²) < 4.78 is 28.3. The fourth-order valence-corrected chi connectivity index (χ4v) is 3.47. The predicted octanol–water partition coefficient (Wildman–Crippen LogP) is 2.40. The van der Waals surface area contributed by atoms with Crippen LogP contribution in [0.1, 0.15) is 0 Å². The molecule has 21 heavy (non-hydrogen) atoms. The van der Waals surface area contributed by atoms with Crippen molar-refractivity contribution >= 4 is 27.0 Å². The fraction of sp³-hybridized carbons (Fsp3) is 0.133. The maximum atomic E-state index is 12.6. The summed E-state index contributed by atoms with van der Waals surface area (Å²) in [5.74, 6) is 0.389. The van der Waals surface area contributed by atoms with E-state index in [9.17, 15) is 8.42 Å². The highest BCUT2D eigenvalue weighted by molar-refractivity contribution is 7.92. The van der Waals surface area contributed by atoms with Crippen LogP contribution < -0.4 is 4.31 Å². The number of para-hydroxylation sites is 2. The lowest BCUT2D eigenvalue weighted by Gasteiger charge is -2.18. The molecule has 0 saturated heterocycles. The fourth-order valence-electron chi connectivity index (χ4n) is 2.27. The van der Waals surface area contributed by atoms with E-state index in [0.717, 1.165) is 11.0 Å². The van der Waals surface area contributed by atoms with E-state index in [4.69, 9.17) is 0 Å². The molecule has 0 saturated carbocycles. The van der Waals surface area contributed by atoms with Crippen molar-refractivity contribution in [2.45, 2.75) is 4.90 Å². The molecule has 3 aromatic rings. The van der Waals surface area contributed by atoms with Crippen molar-refractivity contribution in [1.82, 2.24) is 9.55 Å². The van der Waals surface area contributed by atoms with Crippen LogP contribution >= 0.6 is 0 Å². The third kappa shape index (κ3) is 2.17. The molecule has 0 unspecified atom stereocenters. The first-order valence-corrected chi connectivity index (χ1v) is 7.91. The molecule has 0 bridgehead atoms. The topological polar surface area (TPSA) is 55.2 Å². The third-order valence-electron chi connectivity index (χ3n) is 3.45. The number of fused-ring (bicyclic) bond motifs is 1. The molecular formula is C15H15N3O2S. The molecular weight excluding hydrogens is 286 g/mol. The van der Waals surface area contributed by atoms with Gasteiger partial charge in [-0.2, -0.15) is 0 Å². The van der Waals surface area contributed by atoms with Gasteiger partial charge in [0.05, 0.1) is 15.9 Å². The molecule has 1 heterocycles. The Morgan fingerprint density at radius 3 is 2.29 bits per heavy atom. The summed E-state index contributed by atoms with van der Waals surface area (Å²) >= 11 is 0. The molecule has 0 aliphatic rings. The Hall–Kier alpha value is -2.34. The van der Waals surface area contributed by atoms with Crippen LogP contribution in [-0.2, 0) is 17.1 Å².